The molecule has 0 saturated carbocycles. The number of hydrogen-bond donors (Lipinski definition) is 2. The van der Waals surface area contributed by atoms with Gasteiger partial charge in [0.2, 0.25) is 5.91 Å². The number of rotatable bonds is 4. The third-order valence-electron chi connectivity index (χ3n) is 2.26. The molecule has 1 amide bonds. The summed E-state index contributed by atoms with van der Waals surface area (Å²) in [6.07, 6.45) is -0.767. The minimum absolute atomic E-state index is 0.0777. The molecule has 1 aromatic carbocycles. The lowest BCUT2D eigenvalue weighted by Crippen LogP contribution is -2.31. The minimum Gasteiger partial charge on any atom is -0.387 e. The van der Waals surface area contributed by atoms with E-state index in [4.69, 9.17) is 11.6 Å². The third-order valence-corrected chi connectivity index (χ3v) is 2.60. The second-order valence-corrected chi connectivity index (χ2v) is 4.34. The highest BCUT2D eigenvalue weighted by atomic mass is 35.5. The normalized spacial score (nSPS) is 12.6. The van der Waals surface area contributed by atoms with Gasteiger partial charge in [-0.2, -0.15) is 0 Å². The van der Waals surface area contributed by atoms with Gasteiger partial charge >= 0.3 is 0 Å². The Hall–Kier alpha value is -1.06. The molecular weight excluding hydrogens is 226 g/mol. The van der Waals surface area contributed by atoms with E-state index in [2.05, 4.69) is 5.32 Å². The number of aliphatic hydroxyl groups excluding tert-OH is 1. The zero-order valence-electron chi connectivity index (χ0n) is 9.40. The summed E-state index contributed by atoms with van der Waals surface area (Å²) in [5.74, 6) is -0.162. The number of carbonyl (C=O) groups is 1. The molecule has 1 rings (SSSR count). The lowest BCUT2D eigenvalue weighted by Gasteiger charge is -2.14. The average molecular weight is 242 g/mol. The van der Waals surface area contributed by atoms with E-state index < -0.39 is 6.10 Å². The quantitative estimate of drug-likeness (QED) is 0.849. The van der Waals surface area contributed by atoms with Crippen LogP contribution in [0.5, 0.6) is 0 Å². The Kier molecular flexibility index (Phi) is 4.77. The van der Waals surface area contributed by atoms with Crippen LogP contribution in [-0.4, -0.2) is 17.6 Å². The van der Waals surface area contributed by atoms with Crippen LogP contribution in [0.3, 0.4) is 0 Å². The van der Waals surface area contributed by atoms with Gasteiger partial charge in [0.25, 0.3) is 0 Å². The number of hydrogen-bond acceptors (Lipinski definition) is 2. The summed E-state index contributed by atoms with van der Waals surface area (Å²) in [6, 6.07) is 7.05. The third kappa shape index (κ3) is 3.51. The molecule has 0 saturated heterocycles. The fourth-order valence-electron chi connectivity index (χ4n) is 1.26. The lowest BCUT2D eigenvalue weighted by molar-refractivity contribution is -0.124. The maximum atomic E-state index is 11.3. The van der Waals surface area contributed by atoms with Crippen molar-refractivity contribution in [2.24, 2.45) is 5.92 Å². The first-order valence-electron chi connectivity index (χ1n) is 5.22. The fourth-order valence-corrected chi connectivity index (χ4v) is 1.52. The van der Waals surface area contributed by atoms with Crippen molar-refractivity contribution in [1.29, 1.82) is 0 Å². The molecular formula is C12H16ClNO2. The van der Waals surface area contributed by atoms with Gasteiger partial charge in [-0.05, 0) is 6.07 Å². The number of aliphatic hydroxyl groups is 1. The summed E-state index contributed by atoms with van der Waals surface area (Å²) in [5.41, 5.74) is 0.633. The van der Waals surface area contributed by atoms with Gasteiger partial charge in [-0.1, -0.05) is 43.6 Å². The molecule has 0 fully saturated rings. The number of carbonyl (C=O) groups excluding carboxylic acids is 1. The Labute approximate surface area is 100 Å². The van der Waals surface area contributed by atoms with E-state index in [0.717, 1.165) is 0 Å². The van der Waals surface area contributed by atoms with Crippen molar-refractivity contribution in [3.63, 3.8) is 0 Å². The van der Waals surface area contributed by atoms with Gasteiger partial charge in [0, 0.05) is 23.0 Å². The van der Waals surface area contributed by atoms with Gasteiger partial charge < -0.3 is 10.4 Å². The van der Waals surface area contributed by atoms with Gasteiger partial charge in [0.05, 0.1) is 6.10 Å². The molecule has 0 aliphatic heterocycles. The van der Waals surface area contributed by atoms with E-state index in [1.54, 1.807) is 38.1 Å². The van der Waals surface area contributed by atoms with Crippen LogP contribution in [0.25, 0.3) is 0 Å². The largest absolute Gasteiger partial charge is 0.387 e. The maximum absolute atomic E-state index is 11.3. The summed E-state index contributed by atoms with van der Waals surface area (Å²) in [7, 11) is 0. The van der Waals surface area contributed by atoms with Crippen molar-refractivity contribution in [2.75, 3.05) is 6.54 Å². The zero-order chi connectivity index (χ0) is 12.1. The minimum atomic E-state index is -0.767. The molecule has 88 valence electrons. The number of amides is 1. The number of benzene rings is 1. The van der Waals surface area contributed by atoms with Crippen LogP contribution in [-0.2, 0) is 4.79 Å². The molecule has 1 atom stereocenters. The summed E-state index contributed by atoms with van der Waals surface area (Å²) in [6.45, 7) is 3.79. The van der Waals surface area contributed by atoms with Crippen LogP contribution in [0.1, 0.15) is 25.5 Å². The summed E-state index contributed by atoms with van der Waals surface area (Å²) in [5, 5.41) is 13.0. The van der Waals surface area contributed by atoms with E-state index >= 15 is 0 Å². The highest BCUT2D eigenvalue weighted by Gasteiger charge is 2.13. The lowest BCUT2D eigenvalue weighted by atomic mass is 10.1. The Morgan fingerprint density at radius 1 is 1.44 bits per heavy atom. The van der Waals surface area contributed by atoms with Crippen molar-refractivity contribution in [3.8, 4) is 0 Å². The highest BCUT2D eigenvalue weighted by Crippen LogP contribution is 2.21. The molecule has 0 aliphatic rings. The average Bonchev–Trinajstić information content (AvgIpc) is 2.25. The first-order chi connectivity index (χ1) is 7.52. The van der Waals surface area contributed by atoms with E-state index in [1.165, 1.54) is 0 Å². The molecule has 1 unspecified atom stereocenters. The Morgan fingerprint density at radius 3 is 2.62 bits per heavy atom. The second kappa shape index (κ2) is 5.87. The number of nitrogens with one attached hydrogen (secondary N) is 1. The van der Waals surface area contributed by atoms with Gasteiger partial charge in [-0.25, -0.2) is 0 Å². The predicted octanol–water partition coefficient (Wildman–Crippen LogP) is 2.15. The molecule has 0 bridgehead atoms. The highest BCUT2D eigenvalue weighted by molar-refractivity contribution is 6.31. The second-order valence-electron chi connectivity index (χ2n) is 3.94. The van der Waals surface area contributed by atoms with Gasteiger partial charge in [-0.15, -0.1) is 0 Å². The van der Waals surface area contributed by atoms with Crippen molar-refractivity contribution in [3.05, 3.63) is 34.9 Å². The molecule has 2 N–H and O–H groups in total. The summed E-state index contributed by atoms with van der Waals surface area (Å²) in [4.78, 5) is 11.3. The van der Waals surface area contributed by atoms with E-state index in [9.17, 15) is 9.90 Å². The van der Waals surface area contributed by atoms with Crippen LogP contribution in [0, 0.1) is 5.92 Å². The summed E-state index contributed by atoms with van der Waals surface area (Å²) >= 11 is 5.92. The monoisotopic (exact) mass is 241 g/mol. The molecule has 3 nitrogen and oxygen atoms in total. The maximum Gasteiger partial charge on any atom is 0.222 e. The fraction of sp³-hybridized carbons (Fsp3) is 0.417. The van der Waals surface area contributed by atoms with Crippen molar-refractivity contribution < 1.29 is 9.90 Å². The number of halogens is 1. The Bertz CT molecular complexity index is 366. The molecule has 0 aromatic heterocycles. The molecule has 0 heterocycles. The van der Waals surface area contributed by atoms with Crippen LogP contribution in [0.4, 0.5) is 0 Å². The molecule has 0 spiro atoms. The topological polar surface area (TPSA) is 49.3 Å². The Morgan fingerprint density at radius 2 is 2.06 bits per heavy atom. The Balaban J connectivity index is 2.56. The van der Waals surface area contributed by atoms with Crippen molar-refractivity contribution in [1.82, 2.24) is 5.32 Å². The van der Waals surface area contributed by atoms with E-state index in [-0.39, 0.29) is 18.4 Å². The molecule has 16 heavy (non-hydrogen) atoms. The summed E-state index contributed by atoms with van der Waals surface area (Å²) < 4.78 is 0. The molecule has 0 radical (unpaired) electrons. The van der Waals surface area contributed by atoms with Crippen LogP contribution >= 0.6 is 11.6 Å². The first-order valence-corrected chi connectivity index (χ1v) is 5.60. The predicted molar refractivity (Wildman–Crippen MR) is 64.3 cm³/mol. The molecule has 4 heteroatoms. The van der Waals surface area contributed by atoms with Gasteiger partial charge in [0.1, 0.15) is 0 Å². The van der Waals surface area contributed by atoms with E-state index in [1.807, 2.05) is 0 Å². The SMILES string of the molecule is CC(C)C(=O)NCC(O)c1ccccc1Cl. The first kappa shape index (κ1) is 13.0. The van der Waals surface area contributed by atoms with Crippen LogP contribution in [0.2, 0.25) is 5.02 Å². The van der Waals surface area contributed by atoms with Gasteiger partial charge in [-0.3, -0.25) is 4.79 Å². The van der Waals surface area contributed by atoms with Gasteiger partial charge in [0.15, 0.2) is 0 Å². The van der Waals surface area contributed by atoms with Crippen LogP contribution in [0.15, 0.2) is 24.3 Å². The van der Waals surface area contributed by atoms with E-state index in [0.29, 0.717) is 10.6 Å². The van der Waals surface area contributed by atoms with Crippen molar-refractivity contribution in [2.45, 2.75) is 20.0 Å². The molecule has 0 aliphatic carbocycles. The standard InChI is InChI=1S/C12H16ClNO2/c1-8(2)12(16)14-7-11(15)9-5-3-4-6-10(9)13/h3-6,8,11,15H,7H2,1-2H3,(H,14,16). The zero-order valence-corrected chi connectivity index (χ0v) is 10.2. The molecule has 1 aromatic rings. The van der Waals surface area contributed by atoms with Crippen LogP contribution < -0.4 is 5.32 Å². The smallest absolute Gasteiger partial charge is 0.222 e. The van der Waals surface area contributed by atoms with Crippen molar-refractivity contribution >= 4 is 17.5 Å².